The first-order valence-electron chi connectivity index (χ1n) is 9.26. The summed E-state index contributed by atoms with van der Waals surface area (Å²) in [6, 6.07) is 0. The zero-order valence-electron chi connectivity index (χ0n) is 14.7. The molecule has 23 heavy (non-hydrogen) atoms. The molecule has 0 aromatic carbocycles. The Hall–Kier alpha value is -0.0900. The summed E-state index contributed by atoms with van der Waals surface area (Å²) in [5, 5.41) is 8.61. The van der Waals surface area contributed by atoms with Gasteiger partial charge in [0.2, 0.25) is 0 Å². The van der Waals surface area contributed by atoms with E-state index in [1.165, 1.54) is 61.5 Å². The highest BCUT2D eigenvalue weighted by Crippen LogP contribution is 2.35. The van der Waals surface area contributed by atoms with Crippen LogP contribution in [0.4, 0.5) is 0 Å². The van der Waals surface area contributed by atoms with Gasteiger partial charge in [0.15, 0.2) is 0 Å². The first kappa shape index (κ1) is 21.0. The van der Waals surface area contributed by atoms with Crippen LogP contribution in [0.5, 0.6) is 0 Å². The molecule has 1 aliphatic heterocycles. The van der Waals surface area contributed by atoms with Crippen LogP contribution in [0.15, 0.2) is 12.2 Å². The number of carboxylic acids is 1. The second-order valence-electron chi connectivity index (χ2n) is 6.51. The van der Waals surface area contributed by atoms with E-state index in [0.29, 0.717) is 6.42 Å². The summed E-state index contributed by atoms with van der Waals surface area (Å²) in [7, 11) is 0. The van der Waals surface area contributed by atoms with Gasteiger partial charge in [0.05, 0.1) is 0 Å². The highest BCUT2D eigenvalue weighted by molar-refractivity contribution is 7.99. The summed E-state index contributed by atoms with van der Waals surface area (Å²) in [5.74, 6) is 6.38. The molecule has 1 heterocycles. The highest BCUT2D eigenvalue weighted by Gasteiger charge is 2.26. The van der Waals surface area contributed by atoms with E-state index in [9.17, 15) is 4.79 Å². The average Bonchev–Trinajstić information content (AvgIpc) is 2.97. The number of carbonyl (C=O) groups is 1. The van der Waals surface area contributed by atoms with Crippen molar-refractivity contribution in [1.29, 1.82) is 0 Å². The molecular formula is C19H34O2S2. The zero-order valence-corrected chi connectivity index (χ0v) is 16.3. The predicted molar refractivity (Wildman–Crippen MR) is 106 cm³/mol. The minimum atomic E-state index is -0.683. The summed E-state index contributed by atoms with van der Waals surface area (Å²) in [6.45, 7) is 2.27. The number of unbranched alkanes of at least 4 members (excludes halogenated alkanes) is 4. The van der Waals surface area contributed by atoms with Crippen LogP contribution in [-0.2, 0) is 4.79 Å². The molecule has 1 aliphatic rings. The van der Waals surface area contributed by atoms with Gasteiger partial charge in [-0.3, -0.25) is 4.79 Å². The third-order valence-electron chi connectivity index (χ3n) is 4.47. The van der Waals surface area contributed by atoms with Gasteiger partial charge in [-0.15, -0.1) is 0 Å². The molecule has 0 aromatic heterocycles. The number of hydrogen-bond acceptors (Lipinski definition) is 3. The van der Waals surface area contributed by atoms with Crippen molar-refractivity contribution in [3.63, 3.8) is 0 Å². The quantitative estimate of drug-likeness (QED) is 0.311. The topological polar surface area (TPSA) is 37.3 Å². The Kier molecular flexibility index (Phi) is 13.0. The van der Waals surface area contributed by atoms with Gasteiger partial charge in [-0.2, -0.15) is 23.5 Å². The van der Waals surface area contributed by atoms with Gasteiger partial charge in [0.1, 0.15) is 0 Å². The summed E-state index contributed by atoms with van der Waals surface area (Å²) >= 11 is 4.26. The number of carboxylic acid groups (broad SMARTS) is 1. The largest absolute Gasteiger partial charge is 0.481 e. The zero-order chi connectivity index (χ0) is 16.8. The van der Waals surface area contributed by atoms with Crippen molar-refractivity contribution in [2.75, 3.05) is 23.0 Å². The van der Waals surface area contributed by atoms with Crippen LogP contribution in [0, 0.1) is 11.8 Å². The van der Waals surface area contributed by atoms with Crippen LogP contribution in [0.3, 0.4) is 0 Å². The predicted octanol–water partition coefficient (Wildman–Crippen LogP) is 5.87. The van der Waals surface area contributed by atoms with E-state index in [4.69, 9.17) is 5.11 Å². The minimum absolute atomic E-state index is 0.293. The number of allylic oxidation sites excluding steroid dienone is 2. The second-order valence-corrected chi connectivity index (χ2v) is 8.81. The Bertz CT molecular complexity index is 331. The lowest BCUT2D eigenvalue weighted by Crippen LogP contribution is -2.12. The summed E-state index contributed by atoms with van der Waals surface area (Å²) in [4.78, 5) is 10.5. The number of hydrogen-bond donors (Lipinski definition) is 1. The summed E-state index contributed by atoms with van der Waals surface area (Å²) < 4.78 is 0. The third kappa shape index (κ3) is 11.1. The molecule has 0 bridgehead atoms. The van der Waals surface area contributed by atoms with Crippen LogP contribution < -0.4 is 0 Å². The van der Waals surface area contributed by atoms with Crippen molar-refractivity contribution < 1.29 is 9.90 Å². The van der Waals surface area contributed by atoms with Crippen molar-refractivity contribution in [3.05, 3.63) is 12.2 Å². The molecule has 2 atom stereocenters. The summed E-state index contributed by atoms with van der Waals surface area (Å²) in [5.41, 5.74) is 0. The van der Waals surface area contributed by atoms with Crippen molar-refractivity contribution in [2.45, 2.75) is 64.7 Å². The fourth-order valence-corrected chi connectivity index (χ4v) is 5.62. The maximum atomic E-state index is 10.5. The molecule has 0 saturated carbocycles. The SMILES string of the molecule is CCCCCCSCC[C@@H]1CSC[C@@H]1C/C=C\CCCC(=O)O. The smallest absolute Gasteiger partial charge is 0.303 e. The first-order valence-corrected chi connectivity index (χ1v) is 11.6. The lowest BCUT2D eigenvalue weighted by Gasteiger charge is -2.16. The molecule has 134 valence electrons. The van der Waals surface area contributed by atoms with Gasteiger partial charge in [0.25, 0.3) is 0 Å². The fraction of sp³-hybridized carbons (Fsp3) is 0.842. The van der Waals surface area contributed by atoms with Gasteiger partial charge in [-0.05, 0) is 67.0 Å². The van der Waals surface area contributed by atoms with Crippen LogP contribution in [0.2, 0.25) is 0 Å². The van der Waals surface area contributed by atoms with Gasteiger partial charge in [-0.25, -0.2) is 0 Å². The minimum Gasteiger partial charge on any atom is -0.481 e. The maximum Gasteiger partial charge on any atom is 0.303 e. The maximum absolute atomic E-state index is 10.5. The van der Waals surface area contributed by atoms with E-state index in [1.54, 1.807) is 0 Å². The Balaban J connectivity index is 2.04. The molecule has 1 rings (SSSR count). The van der Waals surface area contributed by atoms with Crippen LogP contribution in [0.1, 0.15) is 64.7 Å². The molecule has 0 aliphatic carbocycles. The van der Waals surface area contributed by atoms with E-state index >= 15 is 0 Å². The van der Waals surface area contributed by atoms with Gasteiger partial charge in [0, 0.05) is 6.42 Å². The molecule has 4 heteroatoms. The highest BCUT2D eigenvalue weighted by atomic mass is 32.2. The Morgan fingerprint density at radius 3 is 2.74 bits per heavy atom. The standard InChI is InChI=1S/C19H34O2S2/c1-2-3-4-9-13-22-14-12-18-16-23-15-17(18)10-7-5-6-8-11-19(20)21/h5,7,17-18H,2-4,6,8-16H2,1H3,(H,20,21)/b7-5-/t17-,18+/m0/s1. The van der Waals surface area contributed by atoms with Crippen LogP contribution in [-0.4, -0.2) is 34.1 Å². The van der Waals surface area contributed by atoms with Gasteiger partial charge >= 0.3 is 5.97 Å². The van der Waals surface area contributed by atoms with Gasteiger partial charge < -0.3 is 5.11 Å². The van der Waals surface area contributed by atoms with Crippen molar-refractivity contribution >= 4 is 29.5 Å². The molecule has 0 unspecified atom stereocenters. The molecule has 0 aromatic rings. The van der Waals surface area contributed by atoms with E-state index in [0.717, 1.165) is 24.7 Å². The number of aliphatic carboxylic acids is 1. The van der Waals surface area contributed by atoms with E-state index < -0.39 is 5.97 Å². The van der Waals surface area contributed by atoms with E-state index in [1.807, 2.05) is 0 Å². The molecule has 2 nitrogen and oxygen atoms in total. The molecule has 1 saturated heterocycles. The molecular weight excluding hydrogens is 324 g/mol. The third-order valence-corrected chi connectivity index (χ3v) is 6.90. The van der Waals surface area contributed by atoms with Crippen molar-refractivity contribution in [2.24, 2.45) is 11.8 Å². The van der Waals surface area contributed by atoms with Crippen molar-refractivity contribution in [1.82, 2.24) is 0 Å². The monoisotopic (exact) mass is 358 g/mol. The number of thioether (sulfide) groups is 2. The second kappa shape index (κ2) is 14.3. The van der Waals surface area contributed by atoms with E-state index in [-0.39, 0.29) is 0 Å². The fourth-order valence-electron chi connectivity index (χ4n) is 2.95. The first-order chi connectivity index (χ1) is 11.2. The van der Waals surface area contributed by atoms with Crippen molar-refractivity contribution in [3.8, 4) is 0 Å². The Labute approximate surface area is 151 Å². The lowest BCUT2D eigenvalue weighted by molar-refractivity contribution is -0.137. The molecule has 0 amide bonds. The van der Waals surface area contributed by atoms with Gasteiger partial charge in [-0.1, -0.05) is 38.3 Å². The molecule has 1 fully saturated rings. The summed E-state index contributed by atoms with van der Waals surface area (Å²) in [6.07, 6.45) is 14.5. The normalized spacial score (nSPS) is 21.3. The molecule has 0 radical (unpaired) electrons. The van der Waals surface area contributed by atoms with Crippen LogP contribution >= 0.6 is 23.5 Å². The van der Waals surface area contributed by atoms with Crippen LogP contribution in [0.25, 0.3) is 0 Å². The lowest BCUT2D eigenvalue weighted by atomic mass is 9.90. The Morgan fingerprint density at radius 1 is 1.13 bits per heavy atom. The van der Waals surface area contributed by atoms with E-state index in [2.05, 4.69) is 42.6 Å². The molecule has 0 spiro atoms. The number of rotatable bonds is 14. The Morgan fingerprint density at radius 2 is 1.96 bits per heavy atom. The average molecular weight is 359 g/mol. The molecule has 1 N–H and O–H groups in total.